The molecule has 1 amide bonds. The average molecular weight is 377 g/mol. The maximum atomic E-state index is 12.7. The van der Waals surface area contributed by atoms with E-state index in [1.54, 1.807) is 23.6 Å². The van der Waals surface area contributed by atoms with Crippen molar-refractivity contribution < 1.29 is 23.9 Å². The smallest absolute Gasteiger partial charge is 0.330 e. The first-order valence-corrected chi connectivity index (χ1v) is 9.44. The van der Waals surface area contributed by atoms with Gasteiger partial charge in [-0.3, -0.25) is 9.59 Å². The van der Waals surface area contributed by atoms with Crippen LogP contribution in [0.2, 0.25) is 0 Å². The van der Waals surface area contributed by atoms with Gasteiger partial charge in [0, 0.05) is 4.75 Å². The van der Waals surface area contributed by atoms with Gasteiger partial charge in [0.2, 0.25) is 5.91 Å². The molecule has 2 aliphatic heterocycles. The number of carbonyl (C=O) groups is 3. The zero-order chi connectivity index (χ0) is 19.1. The molecular formula is C19H23NO5S. The third-order valence-corrected chi connectivity index (χ3v) is 6.63. The summed E-state index contributed by atoms with van der Waals surface area (Å²) in [5, 5.41) is -0.208. The molecule has 0 aliphatic carbocycles. The maximum Gasteiger partial charge on any atom is 0.330 e. The van der Waals surface area contributed by atoms with E-state index in [0.29, 0.717) is 0 Å². The first-order chi connectivity index (χ1) is 12.3. The molecule has 1 aromatic carbocycles. The molecular weight excluding hydrogens is 354 g/mol. The molecule has 0 bridgehead atoms. The largest absolute Gasteiger partial charge is 0.469 e. The van der Waals surface area contributed by atoms with Gasteiger partial charge in [0.25, 0.3) is 0 Å². The SMILES string of the molecule is COC(=O)C(C)[C@@H]1C(=O)N2[C@@H]1SC(C)(C)[C@@H]2C(=O)OCc1ccccc1. The van der Waals surface area contributed by atoms with E-state index in [9.17, 15) is 14.4 Å². The molecule has 2 saturated heterocycles. The fourth-order valence-electron chi connectivity index (χ4n) is 3.62. The van der Waals surface area contributed by atoms with E-state index >= 15 is 0 Å². The van der Waals surface area contributed by atoms with Crippen molar-refractivity contribution in [2.24, 2.45) is 11.8 Å². The summed E-state index contributed by atoms with van der Waals surface area (Å²) < 4.78 is 9.76. The number of esters is 2. The number of nitrogens with zero attached hydrogens (tertiary/aromatic N) is 1. The van der Waals surface area contributed by atoms with E-state index in [0.717, 1.165) is 5.56 Å². The van der Waals surface area contributed by atoms with Gasteiger partial charge in [0.05, 0.1) is 24.3 Å². The lowest BCUT2D eigenvalue weighted by Crippen LogP contribution is -2.65. The highest BCUT2D eigenvalue weighted by molar-refractivity contribution is 8.01. The average Bonchev–Trinajstić information content (AvgIpc) is 2.87. The third-order valence-electron chi connectivity index (χ3n) is 5.04. The summed E-state index contributed by atoms with van der Waals surface area (Å²) in [6.45, 7) is 5.72. The Kier molecular flexibility index (Phi) is 5.01. The van der Waals surface area contributed by atoms with Crippen LogP contribution in [0.5, 0.6) is 0 Å². The molecule has 6 nitrogen and oxygen atoms in total. The first-order valence-electron chi connectivity index (χ1n) is 8.56. The summed E-state index contributed by atoms with van der Waals surface area (Å²) in [5.41, 5.74) is 0.896. The Hall–Kier alpha value is -2.02. The predicted molar refractivity (Wildman–Crippen MR) is 97.0 cm³/mol. The van der Waals surface area contributed by atoms with Gasteiger partial charge in [-0.1, -0.05) is 37.3 Å². The van der Waals surface area contributed by atoms with Crippen molar-refractivity contribution in [3.63, 3.8) is 0 Å². The minimum absolute atomic E-state index is 0.172. The number of benzene rings is 1. The van der Waals surface area contributed by atoms with Crippen molar-refractivity contribution in [2.45, 2.75) is 43.5 Å². The van der Waals surface area contributed by atoms with Crippen LogP contribution >= 0.6 is 11.8 Å². The molecule has 1 aromatic rings. The number of hydrogen-bond donors (Lipinski definition) is 0. The van der Waals surface area contributed by atoms with E-state index in [2.05, 4.69) is 0 Å². The van der Waals surface area contributed by atoms with Crippen molar-refractivity contribution in [3.05, 3.63) is 35.9 Å². The molecule has 0 saturated carbocycles. The van der Waals surface area contributed by atoms with Crippen molar-refractivity contribution in [2.75, 3.05) is 7.11 Å². The zero-order valence-electron chi connectivity index (χ0n) is 15.3. The normalized spacial score (nSPS) is 27.3. The van der Waals surface area contributed by atoms with Crippen molar-refractivity contribution in [3.8, 4) is 0 Å². The molecule has 2 fully saturated rings. The van der Waals surface area contributed by atoms with Crippen molar-refractivity contribution in [1.29, 1.82) is 0 Å². The van der Waals surface area contributed by atoms with E-state index in [1.807, 2.05) is 44.2 Å². The Balaban J connectivity index is 1.72. The van der Waals surface area contributed by atoms with E-state index in [-0.39, 0.29) is 17.9 Å². The highest BCUT2D eigenvalue weighted by Gasteiger charge is 2.65. The third kappa shape index (κ3) is 3.09. The van der Waals surface area contributed by atoms with Crippen LogP contribution < -0.4 is 0 Å². The van der Waals surface area contributed by atoms with Crippen molar-refractivity contribution in [1.82, 2.24) is 4.90 Å². The first kappa shape index (κ1) is 18.8. The lowest BCUT2D eigenvalue weighted by molar-refractivity contribution is -0.173. The predicted octanol–water partition coefficient (Wildman–Crippen LogP) is 2.22. The Morgan fingerprint density at radius 2 is 1.92 bits per heavy atom. The van der Waals surface area contributed by atoms with Crippen LogP contribution in [0.15, 0.2) is 30.3 Å². The van der Waals surface area contributed by atoms with Crippen LogP contribution in [0.25, 0.3) is 0 Å². The molecule has 0 radical (unpaired) electrons. The van der Waals surface area contributed by atoms with Gasteiger partial charge in [-0.05, 0) is 19.4 Å². The lowest BCUT2D eigenvalue weighted by Gasteiger charge is -2.45. The number of hydrogen-bond acceptors (Lipinski definition) is 6. The summed E-state index contributed by atoms with van der Waals surface area (Å²) in [4.78, 5) is 38.8. The Labute approximate surface area is 157 Å². The number of rotatable bonds is 5. The highest BCUT2D eigenvalue weighted by atomic mass is 32.2. The second-order valence-corrected chi connectivity index (χ2v) is 8.96. The number of thioether (sulfide) groups is 1. The molecule has 0 N–H and O–H groups in total. The van der Waals surface area contributed by atoms with Gasteiger partial charge >= 0.3 is 11.9 Å². The highest BCUT2D eigenvalue weighted by Crippen LogP contribution is 2.55. The summed E-state index contributed by atoms with van der Waals surface area (Å²) in [6, 6.07) is 8.77. The maximum absolute atomic E-state index is 12.7. The monoisotopic (exact) mass is 377 g/mol. The van der Waals surface area contributed by atoms with Crippen LogP contribution in [-0.2, 0) is 30.5 Å². The molecule has 1 unspecified atom stereocenters. The number of fused-ring (bicyclic) bond motifs is 1. The number of methoxy groups -OCH3 is 1. The standard InChI is InChI=1S/C19H23NO5S/c1-11(17(22)24-4)13-15(21)20-14(19(2,3)26-16(13)20)18(23)25-10-12-8-6-5-7-9-12/h5-9,11,13-14,16H,10H2,1-4H3/t11?,13-,14+,16-/m1/s1. The van der Waals surface area contributed by atoms with Crippen LogP contribution in [-0.4, -0.2) is 46.0 Å². The molecule has 2 heterocycles. The number of ether oxygens (including phenoxy) is 2. The minimum atomic E-state index is -0.658. The second-order valence-electron chi connectivity index (χ2n) is 7.19. The minimum Gasteiger partial charge on any atom is -0.469 e. The summed E-state index contributed by atoms with van der Waals surface area (Å²) in [6.07, 6.45) is 0. The Morgan fingerprint density at radius 3 is 2.54 bits per heavy atom. The topological polar surface area (TPSA) is 72.9 Å². The molecule has 3 rings (SSSR count). The zero-order valence-corrected chi connectivity index (χ0v) is 16.1. The fourth-order valence-corrected chi connectivity index (χ4v) is 5.42. The van der Waals surface area contributed by atoms with Gasteiger partial charge in [0.1, 0.15) is 12.6 Å². The van der Waals surface area contributed by atoms with Crippen LogP contribution in [0.4, 0.5) is 0 Å². The molecule has 0 spiro atoms. The van der Waals surface area contributed by atoms with Crippen LogP contribution in [0.3, 0.4) is 0 Å². The quantitative estimate of drug-likeness (QED) is 0.579. The van der Waals surface area contributed by atoms with E-state index in [1.165, 1.54) is 7.11 Å². The van der Waals surface area contributed by atoms with Gasteiger partial charge in [-0.2, -0.15) is 0 Å². The second kappa shape index (κ2) is 6.95. The Morgan fingerprint density at radius 1 is 1.27 bits per heavy atom. The van der Waals surface area contributed by atoms with Crippen LogP contribution in [0, 0.1) is 11.8 Å². The van der Waals surface area contributed by atoms with Gasteiger partial charge in [-0.15, -0.1) is 11.8 Å². The fraction of sp³-hybridized carbons (Fsp3) is 0.526. The summed E-state index contributed by atoms with van der Waals surface area (Å²) in [5.74, 6) is -2.00. The van der Waals surface area contributed by atoms with E-state index in [4.69, 9.17) is 9.47 Å². The summed E-state index contributed by atoms with van der Waals surface area (Å²) in [7, 11) is 1.31. The van der Waals surface area contributed by atoms with Gasteiger partial charge in [0.15, 0.2) is 0 Å². The Bertz CT molecular complexity index is 720. The molecule has 4 atom stereocenters. The number of carbonyl (C=O) groups excluding carboxylic acids is 3. The van der Waals surface area contributed by atoms with Crippen molar-refractivity contribution >= 4 is 29.6 Å². The molecule has 26 heavy (non-hydrogen) atoms. The van der Waals surface area contributed by atoms with Gasteiger partial charge in [-0.25, -0.2) is 4.79 Å². The molecule has 0 aromatic heterocycles. The molecule has 7 heteroatoms. The molecule has 2 aliphatic rings. The number of amides is 1. The van der Waals surface area contributed by atoms with Crippen LogP contribution in [0.1, 0.15) is 26.3 Å². The molecule has 140 valence electrons. The summed E-state index contributed by atoms with van der Waals surface area (Å²) >= 11 is 1.54. The lowest BCUT2D eigenvalue weighted by atomic mass is 9.83. The van der Waals surface area contributed by atoms with E-state index < -0.39 is 34.6 Å². The van der Waals surface area contributed by atoms with Gasteiger partial charge < -0.3 is 14.4 Å². The number of β-lactam (4-membered cyclic amide) rings is 1.